The van der Waals surface area contributed by atoms with Crippen molar-refractivity contribution in [1.29, 1.82) is 0 Å². The van der Waals surface area contributed by atoms with Crippen molar-refractivity contribution >= 4 is 32.4 Å². The van der Waals surface area contributed by atoms with Gasteiger partial charge in [0.25, 0.3) is 0 Å². The van der Waals surface area contributed by atoms with Crippen molar-refractivity contribution in [3.05, 3.63) is 22.7 Å². The monoisotopic (exact) mass is 357 g/mol. The lowest BCUT2D eigenvalue weighted by atomic mass is 10.2. The number of rotatable bonds is 5. The summed E-state index contributed by atoms with van der Waals surface area (Å²) in [4.78, 5) is 0. The van der Waals surface area contributed by atoms with Crippen molar-refractivity contribution < 1.29 is 4.21 Å². The van der Waals surface area contributed by atoms with Gasteiger partial charge >= 0.3 is 0 Å². The number of nitrogen functional groups attached to an aromatic ring is 1. The Morgan fingerprint density at radius 3 is 2.90 bits per heavy atom. The van der Waals surface area contributed by atoms with E-state index >= 15 is 0 Å². The molecule has 1 heterocycles. The number of aryl methyl sites for hydroxylation is 1. The second-order valence-corrected chi connectivity index (χ2v) is 7.22. The van der Waals surface area contributed by atoms with Gasteiger partial charge in [0.15, 0.2) is 5.82 Å². The number of benzene rings is 1. The maximum absolute atomic E-state index is 11.4. The summed E-state index contributed by atoms with van der Waals surface area (Å²) >= 11 is 3.36. The summed E-state index contributed by atoms with van der Waals surface area (Å²) < 4.78 is 13.9. The van der Waals surface area contributed by atoms with Crippen LogP contribution in [0.4, 0.5) is 5.69 Å². The second kappa shape index (κ2) is 6.45. The Kier molecular flexibility index (Phi) is 4.87. The molecule has 20 heavy (non-hydrogen) atoms. The van der Waals surface area contributed by atoms with Gasteiger partial charge in [0.05, 0.1) is 0 Å². The van der Waals surface area contributed by atoms with Gasteiger partial charge in [0.1, 0.15) is 0 Å². The molecule has 1 aromatic heterocycles. The minimum absolute atomic E-state index is 0.113. The molecule has 2 rings (SSSR count). The van der Waals surface area contributed by atoms with Crippen LogP contribution >= 0.6 is 15.9 Å². The number of hydrogen-bond acceptors (Lipinski definition) is 5. The van der Waals surface area contributed by atoms with E-state index in [9.17, 15) is 4.21 Å². The van der Waals surface area contributed by atoms with E-state index in [1.165, 1.54) is 0 Å². The molecule has 0 amide bonds. The van der Waals surface area contributed by atoms with Gasteiger partial charge < -0.3 is 5.73 Å². The largest absolute Gasteiger partial charge is 0.398 e. The molecule has 0 saturated carbocycles. The summed E-state index contributed by atoms with van der Waals surface area (Å²) in [5.74, 6) is 0.665. The number of tetrazole rings is 1. The van der Waals surface area contributed by atoms with E-state index < -0.39 is 10.8 Å². The van der Waals surface area contributed by atoms with Crippen LogP contribution in [0.1, 0.15) is 13.3 Å². The summed E-state index contributed by atoms with van der Waals surface area (Å²) in [6.07, 6.45) is 2.47. The molecule has 8 heteroatoms. The lowest BCUT2D eigenvalue weighted by Gasteiger charge is -2.09. The summed E-state index contributed by atoms with van der Waals surface area (Å²) in [6, 6.07) is 5.60. The zero-order chi connectivity index (χ0) is 14.7. The summed E-state index contributed by atoms with van der Waals surface area (Å²) in [5.41, 5.74) is 7.37. The molecular weight excluding hydrogens is 342 g/mol. The minimum Gasteiger partial charge on any atom is -0.398 e. The van der Waals surface area contributed by atoms with E-state index in [0.717, 1.165) is 16.5 Å². The van der Waals surface area contributed by atoms with Gasteiger partial charge in [-0.05, 0) is 51.0 Å². The van der Waals surface area contributed by atoms with Crippen molar-refractivity contribution in [1.82, 2.24) is 20.2 Å². The molecule has 0 aliphatic heterocycles. The van der Waals surface area contributed by atoms with Gasteiger partial charge in [-0.3, -0.25) is 4.21 Å². The number of nitrogens with zero attached hydrogens (tertiary/aromatic N) is 4. The smallest absolute Gasteiger partial charge is 0.182 e. The molecule has 2 aromatic rings. The third-order valence-electron chi connectivity index (χ3n) is 3.10. The average molecular weight is 358 g/mol. The first-order valence-corrected chi connectivity index (χ1v) is 8.54. The highest BCUT2D eigenvalue weighted by molar-refractivity contribution is 9.10. The van der Waals surface area contributed by atoms with Crippen molar-refractivity contribution in [2.24, 2.45) is 0 Å². The molecule has 2 unspecified atom stereocenters. The summed E-state index contributed by atoms with van der Waals surface area (Å²) in [7, 11) is -0.838. The summed E-state index contributed by atoms with van der Waals surface area (Å²) in [5, 5.41) is 11.8. The highest BCUT2D eigenvalue weighted by atomic mass is 79.9. The first kappa shape index (κ1) is 15.1. The normalized spacial score (nSPS) is 14.2. The van der Waals surface area contributed by atoms with E-state index in [1.54, 1.807) is 10.9 Å². The third kappa shape index (κ3) is 3.43. The van der Waals surface area contributed by atoms with E-state index in [4.69, 9.17) is 5.73 Å². The molecule has 0 aliphatic rings. The Morgan fingerprint density at radius 1 is 1.50 bits per heavy atom. The molecule has 6 nitrogen and oxygen atoms in total. The fourth-order valence-electron chi connectivity index (χ4n) is 1.71. The standard InChI is InChI=1S/C12H16BrN5OS/c1-8(20(2)19)5-6-18-12(15-16-17-18)9-3-4-10(13)11(14)7-9/h3-4,7-8H,5-6,14H2,1-2H3. The Hall–Kier alpha value is -1.28. The molecule has 0 saturated heterocycles. The molecule has 0 fully saturated rings. The number of aromatic nitrogens is 4. The van der Waals surface area contributed by atoms with Gasteiger partial charge in [-0.15, -0.1) is 5.10 Å². The first-order valence-electron chi connectivity index (χ1n) is 6.13. The van der Waals surface area contributed by atoms with Crippen molar-refractivity contribution in [3.63, 3.8) is 0 Å². The van der Waals surface area contributed by atoms with Crippen molar-refractivity contribution in [2.75, 3.05) is 12.0 Å². The zero-order valence-electron chi connectivity index (χ0n) is 11.3. The van der Waals surface area contributed by atoms with Crippen molar-refractivity contribution in [2.45, 2.75) is 25.1 Å². The van der Waals surface area contributed by atoms with Crippen LogP contribution in [-0.4, -0.2) is 35.9 Å². The fraction of sp³-hybridized carbons (Fsp3) is 0.417. The Bertz CT molecular complexity index is 630. The topological polar surface area (TPSA) is 86.7 Å². The second-order valence-electron chi connectivity index (χ2n) is 4.56. The van der Waals surface area contributed by atoms with Crippen LogP contribution < -0.4 is 5.73 Å². The van der Waals surface area contributed by atoms with Gasteiger partial charge in [0.2, 0.25) is 0 Å². The van der Waals surface area contributed by atoms with Crippen LogP contribution in [0.2, 0.25) is 0 Å². The van der Waals surface area contributed by atoms with Crippen LogP contribution in [0.25, 0.3) is 11.4 Å². The van der Waals surface area contributed by atoms with E-state index in [-0.39, 0.29) is 5.25 Å². The van der Waals surface area contributed by atoms with Crippen LogP contribution in [0.5, 0.6) is 0 Å². The van der Waals surface area contributed by atoms with Crippen LogP contribution in [0.3, 0.4) is 0 Å². The zero-order valence-corrected chi connectivity index (χ0v) is 13.7. The molecule has 0 bridgehead atoms. The summed E-state index contributed by atoms with van der Waals surface area (Å²) in [6.45, 7) is 2.58. The number of nitrogens with two attached hydrogens (primary N) is 1. The lowest BCUT2D eigenvalue weighted by Crippen LogP contribution is -2.14. The molecule has 0 spiro atoms. The van der Waals surface area contributed by atoms with Gasteiger partial charge in [-0.2, -0.15) is 0 Å². The first-order chi connectivity index (χ1) is 9.49. The van der Waals surface area contributed by atoms with E-state index in [2.05, 4.69) is 31.5 Å². The maximum atomic E-state index is 11.4. The highest BCUT2D eigenvalue weighted by Gasteiger charge is 2.12. The van der Waals surface area contributed by atoms with Crippen LogP contribution in [0, 0.1) is 0 Å². The van der Waals surface area contributed by atoms with E-state index in [1.807, 2.05) is 25.1 Å². The fourth-order valence-corrected chi connectivity index (χ4v) is 2.40. The molecule has 2 N–H and O–H groups in total. The molecule has 0 aliphatic carbocycles. The predicted molar refractivity (Wildman–Crippen MR) is 83.5 cm³/mol. The van der Waals surface area contributed by atoms with Crippen LogP contribution in [0.15, 0.2) is 22.7 Å². The van der Waals surface area contributed by atoms with Crippen molar-refractivity contribution in [3.8, 4) is 11.4 Å². The SMILES string of the molecule is CC(CCn1nnnc1-c1ccc(Br)c(N)c1)S(C)=O. The minimum atomic E-state index is -0.838. The van der Waals surface area contributed by atoms with Gasteiger partial charge in [0, 0.05) is 44.6 Å². The molecule has 108 valence electrons. The Balaban J connectivity index is 2.19. The molecular formula is C12H16BrN5OS. The number of anilines is 1. The lowest BCUT2D eigenvalue weighted by molar-refractivity contribution is 0.556. The van der Waals surface area contributed by atoms with Gasteiger partial charge in [-0.25, -0.2) is 4.68 Å². The van der Waals surface area contributed by atoms with Crippen LogP contribution in [-0.2, 0) is 17.3 Å². The molecule has 1 aromatic carbocycles. The Morgan fingerprint density at radius 2 is 2.25 bits per heavy atom. The molecule has 0 radical (unpaired) electrons. The van der Waals surface area contributed by atoms with Gasteiger partial charge in [-0.1, -0.05) is 6.92 Å². The highest BCUT2D eigenvalue weighted by Crippen LogP contribution is 2.25. The Labute approximate surface area is 128 Å². The predicted octanol–water partition coefficient (Wildman–Crippen LogP) is 1.84. The quantitative estimate of drug-likeness (QED) is 0.825. The third-order valence-corrected chi connectivity index (χ3v) is 5.19. The maximum Gasteiger partial charge on any atom is 0.182 e. The average Bonchev–Trinajstić information content (AvgIpc) is 2.87. The number of halogens is 1. The van der Waals surface area contributed by atoms with E-state index in [0.29, 0.717) is 18.1 Å². The number of hydrogen-bond donors (Lipinski definition) is 1. The molecule has 2 atom stereocenters.